The number of aromatic nitrogens is 2. The van der Waals surface area contributed by atoms with Crippen molar-refractivity contribution >= 4 is 44.4 Å². The number of nitrogens with two attached hydrogens (primary N) is 1. The van der Waals surface area contributed by atoms with Gasteiger partial charge >= 0.3 is 5.97 Å². The van der Waals surface area contributed by atoms with Crippen LogP contribution in [0.2, 0.25) is 0 Å². The highest BCUT2D eigenvalue weighted by Crippen LogP contribution is 2.33. The van der Waals surface area contributed by atoms with Crippen molar-refractivity contribution in [3.63, 3.8) is 0 Å². The van der Waals surface area contributed by atoms with Gasteiger partial charge in [-0.25, -0.2) is 18.2 Å². The lowest BCUT2D eigenvalue weighted by molar-refractivity contribution is -0.139. The number of rotatable bonds is 9. The molecule has 2 unspecified atom stereocenters. The number of carbonyl (C=O) groups excluding carboxylic acids is 1. The number of fused-ring (bicyclic) bond motifs is 1. The number of H-pyrrole nitrogens is 1. The minimum atomic E-state index is -4.60. The molecule has 1 fully saturated rings. The van der Waals surface area contributed by atoms with Crippen LogP contribution >= 0.6 is 0 Å². The van der Waals surface area contributed by atoms with E-state index >= 15 is 0 Å². The topological polar surface area (TPSA) is 201 Å². The van der Waals surface area contributed by atoms with Crippen molar-refractivity contribution in [1.29, 1.82) is 0 Å². The molecule has 2 aliphatic rings. The van der Waals surface area contributed by atoms with Crippen LogP contribution in [0.25, 0.3) is 11.0 Å². The van der Waals surface area contributed by atoms with Crippen molar-refractivity contribution in [1.82, 2.24) is 20.6 Å². The zero-order chi connectivity index (χ0) is 29.6. The lowest BCUT2D eigenvalue weighted by Crippen LogP contribution is -2.62. The second-order valence-electron chi connectivity index (χ2n) is 10.9. The first-order valence-corrected chi connectivity index (χ1v) is 14.6. The first kappa shape index (κ1) is 28.5. The molecule has 1 saturated heterocycles. The largest absolute Gasteiger partial charge is 0.479 e. The van der Waals surface area contributed by atoms with Crippen LogP contribution in [-0.4, -0.2) is 77.2 Å². The third-order valence-electron chi connectivity index (χ3n) is 7.56. The number of carboxylic acids is 1. The number of aliphatic carboxylic acids is 1. The molecule has 3 aromatic rings. The van der Waals surface area contributed by atoms with E-state index in [1.54, 1.807) is 32.9 Å². The van der Waals surface area contributed by atoms with Crippen molar-refractivity contribution in [2.24, 2.45) is 10.9 Å². The number of imidazole rings is 1. The molecule has 218 valence electrons. The van der Waals surface area contributed by atoms with Crippen LogP contribution in [0.4, 0.5) is 5.95 Å². The van der Waals surface area contributed by atoms with Gasteiger partial charge in [-0.1, -0.05) is 35.0 Å². The maximum Gasteiger partial charge on any atom is 0.341 e. The summed E-state index contributed by atoms with van der Waals surface area (Å²) in [5.41, 5.74) is 8.66. The Kier molecular flexibility index (Phi) is 7.26. The highest BCUT2D eigenvalue weighted by molar-refractivity contribution is 7.93. The van der Waals surface area contributed by atoms with Crippen LogP contribution in [-0.2, 0) is 24.3 Å². The summed E-state index contributed by atoms with van der Waals surface area (Å²) in [7, 11) is -4.60. The lowest BCUT2D eigenvalue weighted by Gasteiger charge is -2.27. The van der Waals surface area contributed by atoms with Gasteiger partial charge in [0.25, 0.3) is 5.91 Å². The standard InChI is InChI=1S/C27H33N7O6S/c1-15-8-16(2)22(17(3)9-15)41(38,39)27(28,24(36)37)14-31-23(35)21-11-26(40-34-21)10-18(30-13-26)12-29-25-32-19-6-4-5-7-20(19)33-25/h4-9,18,30H,10-14,28H2,1-3H3,(H,31,35)(H,36,37)(H2,29,32,33)/t18?,26?,27-/m0/s1. The molecule has 41 heavy (non-hydrogen) atoms. The number of amides is 1. The Morgan fingerprint density at radius 1 is 1.22 bits per heavy atom. The highest BCUT2D eigenvalue weighted by Gasteiger charge is 2.51. The minimum absolute atomic E-state index is 0.00987. The van der Waals surface area contributed by atoms with Gasteiger partial charge in [0.05, 0.1) is 22.5 Å². The summed E-state index contributed by atoms with van der Waals surface area (Å²) in [5.74, 6) is -1.88. The number of carboxylic acid groups (broad SMARTS) is 1. The minimum Gasteiger partial charge on any atom is -0.479 e. The SMILES string of the molecule is Cc1cc(C)c(S(=O)(=O)[C@@](N)(CNC(=O)C2=NOC3(CNC(CNc4nc5ccccc5[nH]4)C3)C2)C(=O)O)c(C)c1. The van der Waals surface area contributed by atoms with Crippen molar-refractivity contribution in [2.45, 2.75) is 55.0 Å². The van der Waals surface area contributed by atoms with E-state index in [1.807, 2.05) is 24.3 Å². The summed E-state index contributed by atoms with van der Waals surface area (Å²) in [6.45, 7) is 5.09. The number of nitrogens with zero attached hydrogens (tertiary/aromatic N) is 2. The fourth-order valence-electron chi connectivity index (χ4n) is 5.54. The van der Waals surface area contributed by atoms with Crippen molar-refractivity contribution in [3.8, 4) is 0 Å². The Balaban J connectivity index is 1.20. The number of aryl methyl sites for hydroxylation is 3. The number of benzene rings is 2. The van der Waals surface area contributed by atoms with E-state index in [1.165, 1.54) is 0 Å². The van der Waals surface area contributed by atoms with E-state index in [0.29, 0.717) is 36.6 Å². The van der Waals surface area contributed by atoms with Crippen molar-refractivity contribution in [2.75, 3.05) is 25.0 Å². The molecular formula is C27H33N7O6S. The van der Waals surface area contributed by atoms with E-state index in [2.05, 4.69) is 31.1 Å². The molecule has 2 aromatic carbocycles. The van der Waals surface area contributed by atoms with Gasteiger partial charge in [0, 0.05) is 32.0 Å². The zero-order valence-corrected chi connectivity index (χ0v) is 23.8. The predicted octanol–water partition coefficient (Wildman–Crippen LogP) is 1.11. The van der Waals surface area contributed by atoms with Gasteiger partial charge in [0.15, 0.2) is 5.60 Å². The molecule has 1 aromatic heterocycles. The number of hydrogen-bond acceptors (Lipinski definition) is 10. The molecule has 14 heteroatoms. The summed E-state index contributed by atoms with van der Waals surface area (Å²) in [6.07, 6.45) is 0.720. The number of hydrogen-bond donors (Lipinski definition) is 6. The van der Waals surface area contributed by atoms with E-state index in [9.17, 15) is 23.1 Å². The Morgan fingerprint density at radius 3 is 2.61 bits per heavy atom. The average Bonchev–Trinajstić information content (AvgIpc) is 3.63. The first-order chi connectivity index (χ1) is 19.3. The van der Waals surface area contributed by atoms with Gasteiger partial charge in [-0.05, 0) is 44.0 Å². The van der Waals surface area contributed by atoms with Gasteiger partial charge in [-0.15, -0.1) is 0 Å². The van der Waals surface area contributed by atoms with Crippen LogP contribution in [0.15, 0.2) is 46.4 Å². The molecule has 5 rings (SSSR count). The monoisotopic (exact) mass is 583 g/mol. The second-order valence-corrected chi connectivity index (χ2v) is 13.0. The Morgan fingerprint density at radius 2 is 1.93 bits per heavy atom. The molecule has 0 radical (unpaired) electrons. The molecule has 2 aliphatic heterocycles. The molecule has 1 spiro atoms. The molecule has 0 bridgehead atoms. The number of carbonyl (C=O) groups is 2. The number of sulfone groups is 1. The number of anilines is 1. The van der Waals surface area contributed by atoms with Gasteiger partial charge in [0.1, 0.15) is 5.71 Å². The molecule has 1 amide bonds. The number of nitrogens with one attached hydrogen (secondary N) is 4. The van der Waals surface area contributed by atoms with Gasteiger partial charge in [-0.2, -0.15) is 0 Å². The van der Waals surface area contributed by atoms with Crippen molar-refractivity contribution in [3.05, 3.63) is 53.1 Å². The van der Waals surface area contributed by atoms with Crippen LogP contribution < -0.4 is 21.7 Å². The van der Waals surface area contributed by atoms with Gasteiger partial charge < -0.3 is 36.6 Å². The Hall–Kier alpha value is -4.01. The van der Waals surface area contributed by atoms with Crippen LogP contribution in [0, 0.1) is 20.8 Å². The van der Waals surface area contributed by atoms with E-state index in [0.717, 1.165) is 16.6 Å². The predicted molar refractivity (Wildman–Crippen MR) is 152 cm³/mol. The average molecular weight is 584 g/mol. The molecule has 7 N–H and O–H groups in total. The van der Waals surface area contributed by atoms with Crippen LogP contribution in [0.3, 0.4) is 0 Å². The Labute approximate surface area is 236 Å². The van der Waals surface area contributed by atoms with Gasteiger partial charge in [-0.3, -0.25) is 4.79 Å². The molecule has 3 atom stereocenters. The summed E-state index contributed by atoms with van der Waals surface area (Å²) >= 11 is 0. The fraction of sp³-hybridized carbons (Fsp3) is 0.407. The van der Waals surface area contributed by atoms with E-state index < -0.39 is 38.7 Å². The zero-order valence-electron chi connectivity index (χ0n) is 22.9. The summed E-state index contributed by atoms with van der Waals surface area (Å²) in [6, 6.07) is 11.0. The molecule has 3 heterocycles. The molecule has 0 saturated carbocycles. The van der Waals surface area contributed by atoms with Crippen LogP contribution in [0.1, 0.15) is 29.5 Å². The number of aromatic amines is 1. The quantitative estimate of drug-likeness (QED) is 0.212. The number of para-hydroxylation sites is 2. The maximum atomic E-state index is 13.5. The summed E-state index contributed by atoms with van der Waals surface area (Å²) in [4.78, 5) is 35.6. The molecular weight excluding hydrogens is 550 g/mol. The van der Waals surface area contributed by atoms with Crippen LogP contribution in [0.5, 0.6) is 0 Å². The first-order valence-electron chi connectivity index (χ1n) is 13.1. The summed E-state index contributed by atoms with van der Waals surface area (Å²) in [5, 5.41) is 22.8. The van der Waals surface area contributed by atoms with Gasteiger partial charge in [0.2, 0.25) is 20.7 Å². The van der Waals surface area contributed by atoms with Crippen molar-refractivity contribution < 1.29 is 28.0 Å². The lowest BCUT2D eigenvalue weighted by atomic mass is 9.94. The second kappa shape index (κ2) is 10.4. The molecule has 13 nitrogen and oxygen atoms in total. The third-order valence-corrected chi connectivity index (χ3v) is 10.0. The third kappa shape index (κ3) is 5.25. The fourth-order valence-corrected chi connectivity index (χ4v) is 7.37. The normalized spacial score (nSPS) is 21.9. The molecule has 0 aliphatic carbocycles. The smallest absolute Gasteiger partial charge is 0.341 e. The highest BCUT2D eigenvalue weighted by atomic mass is 32.2. The van der Waals surface area contributed by atoms with E-state index in [-0.39, 0.29) is 23.1 Å². The maximum absolute atomic E-state index is 13.5. The number of oxime groups is 1. The summed E-state index contributed by atoms with van der Waals surface area (Å²) < 4.78 is 27.0. The Bertz CT molecular complexity index is 1610. The van der Waals surface area contributed by atoms with E-state index in [4.69, 9.17) is 10.6 Å².